The van der Waals surface area contributed by atoms with Crippen molar-refractivity contribution in [3.05, 3.63) is 58.6 Å². The Morgan fingerprint density at radius 3 is 2.19 bits per heavy atom. The van der Waals surface area contributed by atoms with E-state index in [2.05, 4.69) is 5.32 Å². The van der Waals surface area contributed by atoms with Crippen molar-refractivity contribution in [2.45, 2.75) is 18.7 Å². The number of hydrogen-bond acceptors (Lipinski definition) is 4. The van der Waals surface area contributed by atoms with E-state index in [0.717, 1.165) is 0 Å². The van der Waals surface area contributed by atoms with E-state index < -0.39 is 21.8 Å². The highest BCUT2D eigenvalue weighted by Crippen LogP contribution is 2.24. The zero-order chi connectivity index (χ0) is 20.2. The number of sulfonamides is 1. The minimum absolute atomic E-state index is 0.00942. The van der Waals surface area contributed by atoms with E-state index in [1.807, 2.05) is 0 Å². The third-order valence-electron chi connectivity index (χ3n) is 3.95. The van der Waals surface area contributed by atoms with Gasteiger partial charge in [0, 0.05) is 24.3 Å². The van der Waals surface area contributed by atoms with Crippen molar-refractivity contribution < 1.29 is 18.0 Å². The summed E-state index contributed by atoms with van der Waals surface area (Å²) < 4.78 is 26.6. The van der Waals surface area contributed by atoms with Crippen LogP contribution in [-0.2, 0) is 10.0 Å². The first kappa shape index (κ1) is 20.9. The molecule has 0 unspecified atom stereocenters. The summed E-state index contributed by atoms with van der Waals surface area (Å²) in [5.41, 5.74) is 5.93. The molecule has 2 aromatic carbocycles. The molecule has 0 radical (unpaired) electrons. The third kappa shape index (κ3) is 4.65. The predicted octanol–water partition coefficient (Wildman–Crippen LogP) is 2.72. The lowest BCUT2D eigenvalue weighted by atomic mass is 10.1. The number of halogens is 1. The Morgan fingerprint density at radius 2 is 1.67 bits per heavy atom. The second-order valence-electron chi connectivity index (χ2n) is 5.63. The van der Waals surface area contributed by atoms with Gasteiger partial charge in [-0.05, 0) is 42.5 Å². The zero-order valence-electron chi connectivity index (χ0n) is 14.9. The summed E-state index contributed by atoms with van der Waals surface area (Å²) in [6, 6.07) is 9.98. The molecule has 0 aliphatic carbocycles. The molecule has 0 aromatic heterocycles. The smallest absolute Gasteiger partial charge is 0.257 e. The molecule has 0 bridgehead atoms. The Hall–Kier alpha value is -2.42. The van der Waals surface area contributed by atoms with Crippen LogP contribution in [0.4, 0.5) is 5.69 Å². The molecule has 7 nitrogen and oxygen atoms in total. The van der Waals surface area contributed by atoms with E-state index in [9.17, 15) is 18.0 Å². The monoisotopic (exact) mass is 409 g/mol. The summed E-state index contributed by atoms with van der Waals surface area (Å²) in [7, 11) is -3.72. The van der Waals surface area contributed by atoms with Crippen LogP contribution >= 0.6 is 11.6 Å². The summed E-state index contributed by atoms with van der Waals surface area (Å²) >= 11 is 6.09. The van der Waals surface area contributed by atoms with E-state index in [1.54, 1.807) is 13.8 Å². The van der Waals surface area contributed by atoms with Crippen LogP contribution < -0.4 is 11.1 Å². The number of primary amides is 1. The lowest BCUT2D eigenvalue weighted by molar-refractivity contribution is 0.0998. The van der Waals surface area contributed by atoms with Gasteiger partial charge in [0.25, 0.3) is 5.91 Å². The molecular formula is C18H20ClN3O4S. The van der Waals surface area contributed by atoms with Crippen LogP contribution in [0.15, 0.2) is 47.4 Å². The van der Waals surface area contributed by atoms with Crippen molar-refractivity contribution in [3.63, 3.8) is 0 Å². The van der Waals surface area contributed by atoms with Gasteiger partial charge in [-0.25, -0.2) is 8.42 Å². The fraction of sp³-hybridized carbons (Fsp3) is 0.222. The predicted molar refractivity (Wildman–Crippen MR) is 104 cm³/mol. The number of nitrogens with one attached hydrogen (secondary N) is 1. The normalized spacial score (nSPS) is 11.4. The average molecular weight is 410 g/mol. The highest BCUT2D eigenvalue weighted by atomic mass is 35.5. The SMILES string of the molecule is CCN(CC)S(=O)(=O)c1ccc(Cl)c(C(=O)Nc2ccc(C(N)=O)cc2)c1. The van der Waals surface area contributed by atoms with Crippen molar-refractivity contribution in [2.24, 2.45) is 5.73 Å². The van der Waals surface area contributed by atoms with E-state index in [-0.39, 0.29) is 15.5 Å². The molecule has 2 rings (SSSR count). The van der Waals surface area contributed by atoms with Gasteiger partial charge in [-0.1, -0.05) is 25.4 Å². The highest BCUT2D eigenvalue weighted by molar-refractivity contribution is 7.89. The summed E-state index contributed by atoms with van der Waals surface area (Å²) in [6.45, 7) is 4.10. The van der Waals surface area contributed by atoms with Gasteiger partial charge in [-0.2, -0.15) is 4.31 Å². The van der Waals surface area contributed by atoms with Gasteiger partial charge in [-0.15, -0.1) is 0 Å². The summed E-state index contributed by atoms with van der Waals surface area (Å²) in [5, 5.41) is 2.74. The molecule has 0 atom stereocenters. The van der Waals surface area contributed by atoms with Crippen LogP contribution in [-0.4, -0.2) is 37.6 Å². The van der Waals surface area contributed by atoms with Crippen LogP contribution in [0.25, 0.3) is 0 Å². The minimum atomic E-state index is -3.72. The first-order chi connectivity index (χ1) is 12.7. The number of anilines is 1. The van der Waals surface area contributed by atoms with Gasteiger partial charge >= 0.3 is 0 Å². The first-order valence-corrected chi connectivity index (χ1v) is 10.0. The van der Waals surface area contributed by atoms with Crippen LogP contribution in [0, 0.1) is 0 Å². The molecule has 2 aromatic rings. The van der Waals surface area contributed by atoms with E-state index in [4.69, 9.17) is 17.3 Å². The average Bonchev–Trinajstić information content (AvgIpc) is 2.63. The number of carbonyl (C=O) groups excluding carboxylic acids is 2. The lowest BCUT2D eigenvalue weighted by Crippen LogP contribution is -2.30. The Morgan fingerprint density at radius 1 is 1.07 bits per heavy atom. The summed E-state index contributed by atoms with van der Waals surface area (Å²) in [4.78, 5) is 23.6. The molecule has 0 saturated heterocycles. The van der Waals surface area contributed by atoms with Crippen LogP contribution in [0.3, 0.4) is 0 Å². The first-order valence-electron chi connectivity index (χ1n) is 8.21. The summed E-state index contributed by atoms with van der Waals surface area (Å²) in [5.74, 6) is -1.14. The molecule has 0 aliphatic heterocycles. The maximum atomic E-state index is 12.6. The van der Waals surface area contributed by atoms with Crippen molar-refractivity contribution in [2.75, 3.05) is 18.4 Å². The van der Waals surface area contributed by atoms with Crippen molar-refractivity contribution >= 4 is 39.1 Å². The number of amides is 2. The summed E-state index contributed by atoms with van der Waals surface area (Å²) in [6.07, 6.45) is 0. The Labute approximate surface area is 163 Å². The topological polar surface area (TPSA) is 110 Å². The number of benzene rings is 2. The van der Waals surface area contributed by atoms with E-state index >= 15 is 0 Å². The Balaban J connectivity index is 2.32. The quantitative estimate of drug-likeness (QED) is 0.732. The third-order valence-corrected chi connectivity index (χ3v) is 6.33. The second-order valence-corrected chi connectivity index (χ2v) is 7.97. The van der Waals surface area contributed by atoms with Crippen molar-refractivity contribution in [3.8, 4) is 0 Å². The van der Waals surface area contributed by atoms with Gasteiger partial charge < -0.3 is 11.1 Å². The minimum Gasteiger partial charge on any atom is -0.366 e. The molecule has 0 spiro atoms. The maximum Gasteiger partial charge on any atom is 0.257 e. The van der Waals surface area contributed by atoms with E-state index in [0.29, 0.717) is 24.3 Å². The molecule has 144 valence electrons. The molecule has 0 fully saturated rings. The molecule has 2 amide bonds. The van der Waals surface area contributed by atoms with E-state index in [1.165, 1.54) is 46.8 Å². The van der Waals surface area contributed by atoms with Gasteiger partial charge in [0.15, 0.2) is 0 Å². The fourth-order valence-electron chi connectivity index (χ4n) is 2.47. The van der Waals surface area contributed by atoms with Gasteiger partial charge in [0.2, 0.25) is 15.9 Å². The van der Waals surface area contributed by atoms with Crippen LogP contribution in [0.1, 0.15) is 34.6 Å². The van der Waals surface area contributed by atoms with Crippen molar-refractivity contribution in [1.29, 1.82) is 0 Å². The molecular weight excluding hydrogens is 390 g/mol. The molecule has 9 heteroatoms. The molecule has 0 saturated carbocycles. The molecule has 3 N–H and O–H groups in total. The molecule has 0 aliphatic rings. The lowest BCUT2D eigenvalue weighted by Gasteiger charge is -2.19. The Bertz CT molecular complexity index is 955. The molecule has 27 heavy (non-hydrogen) atoms. The fourth-order valence-corrected chi connectivity index (χ4v) is 4.16. The highest BCUT2D eigenvalue weighted by Gasteiger charge is 2.24. The second kappa shape index (κ2) is 8.51. The van der Waals surface area contributed by atoms with Gasteiger partial charge in [-0.3, -0.25) is 9.59 Å². The number of nitrogens with two attached hydrogens (primary N) is 1. The zero-order valence-corrected chi connectivity index (χ0v) is 16.5. The number of carbonyl (C=O) groups is 2. The number of nitrogens with zero attached hydrogens (tertiary/aromatic N) is 1. The Kier molecular flexibility index (Phi) is 6.59. The van der Waals surface area contributed by atoms with Gasteiger partial charge in [0.1, 0.15) is 0 Å². The standard InChI is InChI=1S/C18H20ClN3O4S/c1-3-22(4-2)27(25,26)14-9-10-16(19)15(11-14)18(24)21-13-7-5-12(6-8-13)17(20)23/h5-11H,3-4H2,1-2H3,(H2,20,23)(H,21,24). The van der Waals surface area contributed by atoms with Crippen molar-refractivity contribution in [1.82, 2.24) is 4.31 Å². The maximum absolute atomic E-state index is 12.6. The number of hydrogen-bond donors (Lipinski definition) is 2. The van der Waals surface area contributed by atoms with Crippen LogP contribution in [0.2, 0.25) is 5.02 Å². The molecule has 0 heterocycles. The van der Waals surface area contributed by atoms with Gasteiger partial charge in [0.05, 0.1) is 15.5 Å². The van der Waals surface area contributed by atoms with Crippen LogP contribution in [0.5, 0.6) is 0 Å². The number of rotatable bonds is 7. The largest absolute Gasteiger partial charge is 0.366 e.